The van der Waals surface area contributed by atoms with E-state index in [4.69, 9.17) is 4.98 Å². The van der Waals surface area contributed by atoms with Crippen molar-refractivity contribution >= 4 is 5.82 Å². The zero-order chi connectivity index (χ0) is 12.8. The highest BCUT2D eigenvalue weighted by atomic mass is 15.0. The number of hydrogen-bond acceptors (Lipinski definition) is 2. The van der Waals surface area contributed by atoms with Crippen molar-refractivity contribution in [1.82, 2.24) is 4.98 Å². The van der Waals surface area contributed by atoms with Crippen LogP contribution in [0.4, 0.5) is 5.82 Å². The summed E-state index contributed by atoms with van der Waals surface area (Å²) in [6, 6.07) is 2.36. The van der Waals surface area contributed by atoms with Gasteiger partial charge >= 0.3 is 0 Å². The van der Waals surface area contributed by atoms with Crippen LogP contribution in [0, 0.1) is 0 Å². The molecule has 2 rings (SSSR count). The van der Waals surface area contributed by atoms with Gasteiger partial charge < -0.3 is 5.32 Å². The maximum atomic E-state index is 4.88. The maximum absolute atomic E-state index is 4.88. The largest absolute Gasteiger partial charge is 0.370 e. The summed E-state index contributed by atoms with van der Waals surface area (Å²) in [5.41, 5.74) is 4.27. The summed E-state index contributed by atoms with van der Waals surface area (Å²) in [6.07, 6.45) is 1.11. The quantitative estimate of drug-likeness (QED) is 0.738. The second kappa shape index (κ2) is 3.72. The van der Waals surface area contributed by atoms with Crippen molar-refractivity contribution in [3.8, 4) is 0 Å². The Bertz CT molecular complexity index is 392. The number of pyridine rings is 1. The lowest BCUT2D eigenvalue weighted by Crippen LogP contribution is -2.24. The van der Waals surface area contributed by atoms with Gasteiger partial charge in [0.1, 0.15) is 5.82 Å². The molecule has 1 aliphatic rings. The van der Waals surface area contributed by atoms with Gasteiger partial charge in [-0.1, -0.05) is 41.5 Å². The first kappa shape index (κ1) is 12.4. The first-order valence-electron chi connectivity index (χ1n) is 6.48. The summed E-state index contributed by atoms with van der Waals surface area (Å²) in [7, 11) is 0. The van der Waals surface area contributed by atoms with Crippen LogP contribution in [0.3, 0.4) is 0 Å². The molecular formula is C15H24N2. The van der Waals surface area contributed by atoms with Crippen LogP contribution in [-0.4, -0.2) is 11.5 Å². The Balaban J connectivity index is 2.64. The van der Waals surface area contributed by atoms with E-state index in [0.29, 0.717) is 0 Å². The Kier molecular flexibility index (Phi) is 2.72. The number of fused-ring (bicyclic) bond motifs is 1. The average molecular weight is 232 g/mol. The number of rotatable bonds is 0. The Morgan fingerprint density at radius 3 is 2.24 bits per heavy atom. The van der Waals surface area contributed by atoms with Crippen molar-refractivity contribution in [1.29, 1.82) is 0 Å². The fourth-order valence-corrected chi connectivity index (χ4v) is 2.36. The molecule has 0 saturated carbocycles. The molecule has 0 aliphatic carbocycles. The predicted molar refractivity (Wildman–Crippen MR) is 73.8 cm³/mol. The van der Waals surface area contributed by atoms with Gasteiger partial charge in [0.05, 0.1) is 5.69 Å². The SMILES string of the molecule is CC(C)(C)c1cc2c(nc1C(C)(C)C)NCC2. The third-order valence-electron chi connectivity index (χ3n) is 3.31. The molecule has 0 atom stereocenters. The van der Waals surface area contributed by atoms with Crippen LogP contribution in [0.25, 0.3) is 0 Å². The predicted octanol–water partition coefficient (Wildman–Crippen LogP) is 3.64. The molecule has 0 radical (unpaired) electrons. The number of nitrogens with one attached hydrogen (secondary N) is 1. The van der Waals surface area contributed by atoms with Crippen LogP contribution >= 0.6 is 0 Å². The highest BCUT2D eigenvalue weighted by Gasteiger charge is 2.29. The Morgan fingerprint density at radius 2 is 1.71 bits per heavy atom. The van der Waals surface area contributed by atoms with Gasteiger partial charge in [-0.25, -0.2) is 4.98 Å². The molecule has 1 aromatic rings. The van der Waals surface area contributed by atoms with Gasteiger partial charge in [-0.3, -0.25) is 0 Å². The minimum absolute atomic E-state index is 0.0991. The molecule has 94 valence electrons. The molecule has 2 heteroatoms. The van der Waals surface area contributed by atoms with Gasteiger partial charge in [-0.05, 0) is 29.0 Å². The Labute approximate surface area is 105 Å². The smallest absolute Gasteiger partial charge is 0.129 e. The molecule has 0 fully saturated rings. The summed E-state index contributed by atoms with van der Waals surface area (Å²) in [5, 5.41) is 3.38. The number of hydrogen-bond donors (Lipinski definition) is 1. The van der Waals surface area contributed by atoms with E-state index in [-0.39, 0.29) is 10.8 Å². The van der Waals surface area contributed by atoms with Crippen LogP contribution in [0.15, 0.2) is 6.07 Å². The van der Waals surface area contributed by atoms with Crippen LogP contribution in [0.2, 0.25) is 0 Å². The first-order chi connectivity index (χ1) is 7.69. The van der Waals surface area contributed by atoms with E-state index < -0.39 is 0 Å². The molecule has 0 spiro atoms. The zero-order valence-corrected chi connectivity index (χ0v) is 11.9. The first-order valence-corrected chi connectivity index (χ1v) is 6.48. The van der Waals surface area contributed by atoms with E-state index in [1.54, 1.807) is 0 Å². The molecule has 0 amide bonds. The average Bonchev–Trinajstić information content (AvgIpc) is 2.59. The van der Waals surface area contributed by atoms with E-state index in [0.717, 1.165) is 18.8 Å². The van der Waals surface area contributed by atoms with Crippen LogP contribution in [0.5, 0.6) is 0 Å². The summed E-state index contributed by atoms with van der Waals surface area (Å²) < 4.78 is 0. The minimum atomic E-state index is 0.0991. The lowest BCUT2D eigenvalue weighted by Gasteiger charge is -2.29. The summed E-state index contributed by atoms with van der Waals surface area (Å²) >= 11 is 0. The van der Waals surface area contributed by atoms with Gasteiger partial charge in [0.15, 0.2) is 0 Å². The molecule has 0 bridgehead atoms. The molecule has 1 aliphatic heterocycles. The van der Waals surface area contributed by atoms with Crippen molar-refractivity contribution in [3.05, 3.63) is 22.9 Å². The number of anilines is 1. The second-order valence-electron chi connectivity index (χ2n) is 7.07. The number of nitrogens with zero attached hydrogens (tertiary/aromatic N) is 1. The highest BCUT2D eigenvalue weighted by Crippen LogP contribution is 2.36. The molecule has 2 nitrogen and oxygen atoms in total. The standard InChI is InChI=1S/C15H24N2/c1-14(2,3)11-9-10-7-8-16-13(10)17-12(11)15(4,5)6/h9H,7-8H2,1-6H3,(H,16,17). The lowest BCUT2D eigenvalue weighted by molar-refractivity contribution is 0.514. The molecule has 1 aromatic heterocycles. The fourth-order valence-electron chi connectivity index (χ4n) is 2.36. The molecular weight excluding hydrogens is 208 g/mol. The van der Waals surface area contributed by atoms with Gasteiger partial charge in [-0.2, -0.15) is 0 Å². The monoisotopic (exact) mass is 232 g/mol. The van der Waals surface area contributed by atoms with Crippen molar-refractivity contribution in [2.24, 2.45) is 0 Å². The van der Waals surface area contributed by atoms with E-state index >= 15 is 0 Å². The summed E-state index contributed by atoms with van der Waals surface area (Å²) in [4.78, 5) is 4.88. The lowest BCUT2D eigenvalue weighted by atomic mass is 9.78. The van der Waals surface area contributed by atoms with E-state index in [2.05, 4.69) is 52.9 Å². The van der Waals surface area contributed by atoms with Crippen molar-refractivity contribution in [2.75, 3.05) is 11.9 Å². The second-order valence-corrected chi connectivity index (χ2v) is 7.07. The third-order valence-corrected chi connectivity index (χ3v) is 3.31. The van der Waals surface area contributed by atoms with Crippen LogP contribution < -0.4 is 5.32 Å². The molecule has 0 unspecified atom stereocenters. The Hall–Kier alpha value is -1.05. The molecule has 0 aromatic carbocycles. The highest BCUT2D eigenvalue weighted by molar-refractivity contribution is 5.53. The Morgan fingerprint density at radius 1 is 1.06 bits per heavy atom. The number of aromatic nitrogens is 1. The molecule has 0 saturated heterocycles. The van der Waals surface area contributed by atoms with Gasteiger partial charge in [-0.15, -0.1) is 0 Å². The molecule has 17 heavy (non-hydrogen) atoms. The third kappa shape index (κ3) is 2.31. The zero-order valence-electron chi connectivity index (χ0n) is 11.9. The van der Waals surface area contributed by atoms with Crippen LogP contribution in [0.1, 0.15) is 58.4 Å². The summed E-state index contributed by atoms with van der Waals surface area (Å²) in [6.45, 7) is 14.6. The summed E-state index contributed by atoms with van der Waals surface area (Å²) in [5.74, 6) is 1.10. The van der Waals surface area contributed by atoms with E-state index in [9.17, 15) is 0 Å². The van der Waals surface area contributed by atoms with E-state index in [1.165, 1.54) is 16.8 Å². The maximum Gasteiger partial charge on any atom is 0.129 e. The topological polar surface area (TPSA) is 24.9 Å². The van der Waals surface area contributed by atoms with Crippen molar-refractivity contribution in [2.45, 2.75) is 58.8 Å². The van der Waals surface area contributed by atoms with Gasteiger partial charge in [0.2, 0.25) is 0 Å². The normalized spacial score (nSPS) is 15.6. The van der Waals surface area contributed by atoms with Crippen molar-refractivity contribution < 1.29 is 0 Å². The van der Waals surface area contributed by atoms with Gasteiger partial charge in [0, 0.05) is 12.0 Å². The van der Waals surface area contributed by atoms with Crippen LogP contribution in [-0.2, 0) is 17.3 Å². The molecule has 2 heterocycles. The van der Waals surface area contributed by atoms with Crippen molar-refractivity contribution in [3.63, 3.8) is 0 Å². The fraction of sp³-hybridized carbons (Fsp3) is 0.667. The minimum Gasteiger partial charge on any atom is -0.370 e. The molecule has 1 N–H and O–H groups in total. The van der Waals surface area contributed by atoms with E-state index in [1.807, 2.05) is 0 Å². The van der Waals surface area contributed by atoms with Gasteiger partial charge in [0.25, 0.3) is 0 Å².